The van der Waals surface area contributed by atoms with Gasteiger partial charge in [0.15, 0.2) is 18.1 Å². The molecule has 0 bridgehead atoms. The number of fused-ring (bicyclic) bond motifs is 2. The lowest BCUT2D eigenvalue weighted by atomic mass is 10.1. The zero-order chi connectivity index (χ0) is 23.7. The summed E-state index contributed by atoms with van der Waals surface area (Å²) in [4.78, 5) is 26.1. The zero-order valence-corrected chi connectivity index (χ0v) is 19.6. The molecule has 1 aliphatic rings. The molecule has 0 unspecified atom stereocenters. The average Bonchev–Trinajstić information content (AvgIpc) is 3.54. The monoisotopic (exact) mass is 477 g/mol. The van der Waals surface area contributed by atoms with Crippen molar-refractivity contribution < 1.29 is 23.8 Å². The summed E-state index contributed by atoms with van der Waals surface area (Å²) in [5.74, 6) is 0.429. The number of amides is 1. The second-order valence-corrected chi connectivity index (χ2v) is 9.13. The third-order valence-corrected chi connectivity index (χ3v) is 6.65. The van der Waals surface area contributed by atoms with Crippen molar-refractivity contribution in [1.29, 1.82) is 0 Å². The van der Waals surface area contributed by atoms with Gasteiger partial charge in [-0.25, -0.2) is 4.79 Å². The lowest BCUT2D eigenvalue weighted by Gasteiger charge is -2.07. The van der Waals surface area contributed by atoms with Crippen molar-refractivity contribution in [2.24, 2.45) is 0 Å². The number of carbonyl (C=O) groups excluding carboxylic acids is 2. The summed E-state index contributed by atoms with van der Waals surface area (Å²) in [7, 11) is 0. The van der Waals surface area contributed by atoms with Gasteiger partial charge >= 0.3 is 5.97 Å². The van der Waals surface area contributed by atoms with Crippen LogP contribution in [0, 0.1) is 13.8 Å². The Hall–Kier alpha value is -3.85. The number of ether oxygens (including phenoxy) is 3. The van der Waals surface area contributed by atoms with Gasteiger partial charge in [0.1, 0.15) is 9.71 Å². The number of hydrogen-bond acceptors (Lipinski definition) is 7. The first-order valence-electron chi connectivity index (χ1n) is 10.8. The first kappa shape index (κ1) is 22.0. The number of aromatic nitrogens is 2. The molecule has 8 nitrogen and oxygen atoms in total. The van der Waals surface area contributed by atoms with Gasteiger partial charge in [0, 0.05) is 11.9 Å². The van der Waals surface area contributed by atoms with E-state index < -0.39 is 5.97 Å². The maximum atomic E-state index is 12.6. The van der Waals surface area contributed by atoms with Crippen molar-refractivity contribution in [2.75, 3.05) is 13.4 Å². The van der Waals surface area contributed by atoms with E-state index in [2.05, 4.69) is 41.6 Å². The Kier molecular flexibility index (Phi) is 5.93. The molecule has 1 N–H and O–H groups in total. The van der Waals surface area contributed by atoms with E-state index in [0.717, 1.165) is 27.0 Å². The fourth-order valence-electron chi connectivity index (χ4n) is 3.69. The number of thiophene rings is 1. The molecule has 3 heterocycles. The van der Waals surface area contributed by atoms with Crippen LogP contribution in [0.3, 0.4) is 0 Å². The number of rotatable bonds is 7. The molecule has 0 radical (unpaired) electrons. The maximum absolute atomic E-state index is 12.6. The topological polar surface area (TPSA) is 91.7 Å². The molecule has 1 aliphatic heterocycles. The number of esters is 1. The third-order valence-electron chi connectivity index (χ3n) is 5.52. The van der Waals surface area contributed by atoms with Gasteiger partial charge in [0.2, 0.25) is 6.79 Å². The Morgan fingerprint density at radius 2 is 1.82 bits per heavy atom. The highest BCUT2D eigenvalue weighted by molar-refractivity contribution is 7.20. The predicted molar refractivity (Wildman–Crippen MR) is 127 cm³/mol. The molecule has 1 amide bonds. The molecule has 34 heavy (non-hydrogen) atoms. The first-order valence-corrected chi connectivity index (χ1v) is 11.6. The van der Waals surface area contributed by atoms with E-state index in [-0.39, 0.29) is 19.3 Å². The Morgan fingerprint density at radius 3 is 2.65 bits per heavy atom. The number of hydrogen-bond donors (Lipinski definition) is 1. The van der Waals surface area contributed by atoms with Gasteiger partial charge in [-0.1, -0.05) is 35.9 Å². The normalized spacial score (nSPS) is 12.2. The molecule has 2 aromatic heterocycles. The summed E-state index contributed by atoms with van der Waals surface area (Å²) in [6.07, 6.45) is 0. The average molecular weight is 478 g/mol. The van der Waals surface area contributed by atoms with Crippen LogP contribution in [0.5, 0.6) is 11.5 Å². The second kappa shape index (κ2) is 9.18. The lowest BCUT2D eigenvalue weighted by molar-refractivity contribution is -0.124. The van der Waals surface area contributed by atoms with Crippen LogP contribution in [0.4, 0.5) is 0 Å². The maximum Gasteiger partial charge on any atom is 0.348 e. The highest BCUT2D eigenvalue weighted by atomic mass is 32.1. The van der Waals surface area contributed by atoms with Crippen molar-refractivity contribution in [3.05, 3.63) is 75.8 Å². The molecule has 0 saturated carbocycles. The molecule has 174 valence electrons. The fraction of sp³-hybridized carbons (Fsp3) is 0.240. The zero-order valence-electron chi connectivity index (χ0n) is 18.8. The summed E-state index contributed by atoms with van der Waals surface area (Å²) >= 11 is 1.32. The van der Waals surface area contributed by atoms with Gasteiger partial charge < -0.3 is 19.5 Å². The van der Waals surface area contributed by atoms with Crippen molar-refractivity contribution in [3.8, 4) is 11.5 Å². The van der Waals surface area contributed by atoms with E-state index in [9.17, 15) is 9.59 Å². The van der Waals surface area contributed by atoms with Crippen LogP contribution in [0.2, 0.25) is 0 Å². The minimum absolute atomic E-state index is 0.197. The molecule has 0 saturated heterocycles. The highest BCUT2D eigenvalue weighted by Crippen LogP contribution is 2.32. The molecule has 0 fully saturated rings. The predicted octanol–water partition coefficient (Wildman–Crippen LogP) is 3.96. The molecule has 0 aliphatic carbocycles. The first-order chi connectivity index (χ1) is 16.5. The van der Waals surface area contributed by atoms with Crippen molar-refractivity contribution in [3.63, 3.8) is 0 Å². The molecular formula is C25H23N3O5S. The van der Waals surface area contributed by atoms with Gasteiger partial charge in [0.05, 0.1) is 12.2 Å². The summed E-state index contributed by atoms with van der Waals surface area (Å²) in [5, 5.41) is 8.27. The third kappa shape index (κ3) is 4.60. The quantitative estimate of drug-likeness (QED) is 0.405. The summed E-state index contributed by atoms with van der Waals surface area (Å²) in [6.45, 7) is 4.72. The van der Waals surface area contributed by atoms with E-state index in [1.807, 2.05) is 23.7 Å². The van der Waals surface area contributed by atoms with E-state index in [0.29, 0.717) is 29.5 Å². The number of nitrogens with one attached hydrogen (secondary N) is 1. The molecule has 4 aromatic rings. The Balaban J connectivity index is 1.19. The van der Waals surface area contributed by atoms with Crippen LogP contribution in [0.15, 0.2) is 48.5 Å². The van der Waals surface area contributed by atoms with Crippen LogP contribution >= 0.6 is 11.3 Å². The van der Waals surface area contributed by atoms with Crippen LogP contribution in [-0.2, 0) is 22.6 Å². The number of aryl methyl sites for hydroxylation is 2. The molecule has 2 aromatic carbocycles. The van der Waals surface area contributed by atoms with Crippen LogP contribution in [-0.4, -0.2) is 35.1 Å². The minimum atomic E-state index is -0.527. The second-order valence-electron chi connectivity index (χ2n) is 8.10. The van der Waals surface area contributed by atoms with Crippen molar-refractivity contribution in [1.82, 2.24) is 15.1 Å². The SMILES string of the molecule is Cc1ccc(Cn2nc(C)c3cc(C(=O)OCC(=O)NCc4ccc5c(c4)OCO5)sc32)cc1. The number of carbonyl (C=O) groups is 2. The van der Waals surface area contributed by atoms with Gasteiger partial charge in [-0.15, -0.1) is 11.3 Å². The van der Waals surface area contributed by atoms with E-state index >= 15 is 0 Å². The molecule has 0 atom stereocenters. The minimum Gasteiger partial charge on any atom is -0.454 e. The number of benzene rings is 2. The Morgan fingerprint density at radius 1 is 1.06 bits per heavy atom. The summed E-state index contributed by atoms with van der Waals surface area (Å²) in [6, 6.07) is 15.5. The molecular weight excluding hydrogens is 454 g/mol. The lowest BCUT2D eigenvalue weighted by Crippen LogP contribution is -2.28. The standard InChI is InChI=1S/C25H23N3O5S/c1-15-3-5-17(6-4-15)12-28-24-19(16(2)27-28)10-22(34-24)25(30)31-13-23(29)26-11-18-7-8-20-21(9-18)33-14-32-20/h3-10H,11-14H2,1-2H3,(H,26,29). The molecule has 9 heteroatoms. The summed E-state index contributed by atoms with van der Waals surface area (Å²) in [5.41, 5.74) is 4.04. The van der Waals surface area contributed by atoms with Gasteiger partial charge in [-0.3, -0.25) is 9.48 Å². The largest absolute Gasteiger partial charge is 0.454 e. The fourth-order valence-corrected chi connectivity index (χ4v) is 4.75. The molecule has 0 spiro atoms. The number of nitrogens with zero attached hydrogens (tertiary/aromatic N) is 2. The van der Waals surface area contributed by atoms with E-state index in [1.54, 1.807) is 12.1 Å². The Bertz CT molecular complexity index is 1370. The highest BCUT2D eigenvalue weighted by Gasteiger charge is 2.19. The summed E-state index contributed by atoms with van der Waals surface area (Å²) < 4.78 is 17.8. The van der Waals surface area contributed by atoms with E-state index in [1.165, 1.54) is 16.9 Å². The van der Waals surface area contributed by atoms with E-state index in [4.69, 9.17) is 14.2 Å². The van der Waals surface area contributed by atoms with Crippen LogP contribution in [0.25, 0.3) is 10.2 Å². The van der Waals surface area contributed by atoms with Crippen LogP contribution in [0.1, 0.15) is 32.1 Å². The van der Waals surface area contributed by atoms with Gasteiger partial charge in [0.25, 0.3) is 5.91 Å². The van der Waals surface area contributed by atoms with Crippen molar-refractivity contribution in [2.45, 2.75) is 26.9 Å². The van der Waals surface area contributed by atoms with Gasteiger partial charge in [-0.2, -0.15) is 5.10 Å². The molecule has 5 rings (SSSR count). The smallest absolute Gasteiger partial charge is 0.348 e. The van der Waals surface area contributed by atoms with Crippen molar-refractivity contribution >= 4 is 33.4 Å². The van der Waals surface area contributed by atoms with Gasteiger partial charge in [-0.05, 0) is 43.2 Å². The Labute approximate surface area is 200 Å². The van der Waals surface area contributed by atoms with Crippen LogP contribution < -0.4 is 14.8 Å².